The van der Waals surface area contributed by atoms with E-state index >= 15 is 0 Å². The van der Waals surface area contributed by atoms with Crippen molar-refractivity contribution in [3.05, 3.63) is 48.3 Å². The first-order valence-corrected chi connectivity index (χ1v) is 4.76. The lowest BCUT2D eigenvalue weighted by Crippen LogP contribution is -2.20. The molecule has 5 heteroatoms. The van der Waals surface area contributed by atoms with Crippen molar-refractivity contribution in [1.82, 2.24) is 9.78 Å². The van der Waals surface area contributed by atoms with Gasteiger partial charge in [-0.15, -0.1) is 0 Å². The van der Waals surface area contributed by atoms with Crippen LogP contribution in [-0.4, -0.2) is 20.8 Å². The number of nitrogens with two attached hydrogens (primary N) is 1. The van der Waals surface area contributed by atoms with Crippen molar-refractivity contribution < 1.29 is 9.90 Å². The van der Waals surface area contributed by atoms with Gasteiger partial charge in [0.1, 0.15) is 0 Å². The van der Waals surface area contributed by atoms with Crippen molar-refractivity contribution in [3.8, 4) is 5.69 Å². The van der Waals surface area contributed by atoms with Crippen molar-refractivity contribution in [2.45, 2.75) is 6.10 Å². The average molecular weight is 217 g/mol. The average Bonchev–Trinajstić information content (AvgIpc) is 2.78. The molecule has 0 saturated heterocycles. The number of rotatable bonds is 3. The third kappa shape index (κ3) is 1.94. The van der Waals surface area contributed by atoms with Gasteiger partial charge in [0.15, 0.2) is 6.10 Å². The van der Waals surface area contributed by atoms with Crippen LogP contribution in [0.25, 0.3) is 5.69 Å². The van der Waals surface area contributed by atoms with Gasteiger partial charge in [-0.05, 0) is 12.1 Å². The maximum absolute atomic E-state index is 10.8. The quantitative estimate of drug-likeness (QED) is 0.780. The van der Waals surface area contributed by atoms with Gasteiger partial charge in [-0.25, -0.2) is 4.68 Å². The molecular formula is C11H11N3O2. The number of hydrogen-bond donors (Lipinski definition) is 2. The van der Waals surface area contributed by atoms with Gasteiger partial charge in [0, 0.05) is 11.8 Å². The van der Waals surface area contributed by atoms with Crippen molar-refractivity contribution >= 4 is 5.91 Å². The normalized spacial score (nSPS) is 12.3. The highest BCUT2D eigenvalue weighted by atomic mass is 16.3. The van der Waals surface area contributed by atoms with E-state index in [0.717, 1.165) is 5.69 Å². The maximum atomic E-state index is 10.8. The van der Waals surface area contributed by atoms with E-state index in [2.05, 4.69) is 5.10 Å². The smallest absolute Gasteiger partial charge is 0.251 e. The van der Waals surface area contributed by atoms with Gasteiger partial charge >= 0.3 is 0 Å². The number of carbonyl (C=O) groups is 1. The molecule has 3 N–H and O–H groups in total. The van der Waals surface area contributed by atoms with Crippen LogP contribution in [0.15, 0.2) is 42.7 Å². The molecule has 1 aromatic heterocycles. The Morgan fingerprint density at radius 3 is 2.69 bits per heavy atom. The SMILES string of the molecule is NC(=O)C(O)c1cnn(-c2ccccc2)c1. The molecule has 0 bridgehead atoms. The molecule has 0 radical (unpaired) electrons. The fourth-order valence-electron chi connectivity index (χ4n) is 1.36. The molecule has 2 aromatic rings. The Balaban J connectivity index is 2.30. The number of benzene rings is 1. The zero-order chi connectivity index (χ0) is 11.5. The lowest BCUT2D eigenvalue weighted by atomic mass is 10.2. The molecule has 0 spiro atoms. The van der Waals surface area contributed by atoms with E-state index in [1.54, 1.807) is 10.9 Å². The van der Waals surface area contributed by atoms with Gasteiger partial charge in [0.2, 0.25) is 0 Å². The number of para-hydroxylation sites is 1. The topological polar surface area (TPSA) is 81.1 Å². The van der Waals surface area contributed by atoms with Gasteiger partial charge in [0.05, 0.1) is 11.9 Å². The molecule has 0 aliphatic rings. The van der Waals surface area contributed by atoms with E-state index in [1.165, 1.54) is 6.20 Å². The summed E-state index contributed by atoms with van der Waals surface area (Å²) in [5, 5.41) is 13.5. The molecule has 0 aliphatic carbocycles. The number of primary amides is 1. The Bertz CT molecular complexity index is 493. The molecule has 16 heavy (non-hydrogen) atoms. The molecular weight excluding hydrogens is 206 g/mol. The van der Waals surface area contributed by atoms with Crippen LogP contribution in [0.2, 0.25) is 0 Å². The summed E-state index contributed by atoms with van der Waals surface area (Å²) in [7, 11) is 0. The molecule has 1 amide bonds. The third-order valence-electron chi connectivity index (χ3n) is 2.21. The van der Waals surface area contributed by atoms with Gasteiger partial charge in [-0.2, -0.15) is 5.10 Å². The van der Waals surface area contributed by atoms with Gasteiger partial charge < -0.3 is 10.8 Å². The van der Waals surface area contributed by atoms with E-state index in [4.69, 9.17) is 5.73 Å². The lowest BCUT2D eigenvalue weighted by Gasteiger charge is -2.02. The van der Waals surface area contributed by atoms with E-state index in [1.807, 2.05) is 30.3 Å². The molecule has 1 heterocycles. The van der Waals surface area contributed by atoms with Crippen LogP contribution in [0.4, 0.5) is 0 Å². The van der Waals surface area contributed by atoms with Crippen LogP contribution in [0, 0.1) is 0 Å². The first-order valence-electron chi connectivity index (χ1n) is 4.76. The van der Waals surface area contributed by atoms with Crippen LogP contribution in [-0.2, 0) is 4.79 Å². The zero-order valence-corrected chi connectivity index (χ0v) is 8.45. The number of aromatic nitrogens is 2. The van der Waals surface area contributed by atoms with E-state index in [9.17, 15) is 9.90 Å². The third-order valence-corrected chi connectivity index (χ3v) is 2.21. The Morgan fingerprint density at radius 2 is 2.06 bits per heavy atom. The first-order chi connectivity index (χ1) is 7.68. The minimum atomic E-state index is -1.31. The second-order valence-corrected chi connectivity index (χ2v) is 3.36. The van der Waals surface area contributed by atoms with Crippen molar-refractivity contribution in [1.29, 1.82) is 0 Å². The van der Waals surface area contributed by atoms with Crippen LogP contribution < -0.4 is 5.73 Å². The molecule has 5 nitrogen and oxygen atoms in total. The minimum Gasteiger partial charge on any atom is -0.378 e. The summed E-state index contributed by atoms with van der Waals surface area (Å²) in [5.74, 6) is -0.785. The fraction of sp³-hybridized carbons (Fsp3) is 0.0909. The number of aliphatic hydroxyl groups excluding tert-OH is 1. The summed E-state index contributed by atoms with van der Waals surface area (Å²) >= 11 is 0. The molecule has 0 fully saturated rings. The van der Waals surface area contributed by atoms with Crippen LogP contribution in [0.5, 0.6) is 0 Å². The Morgan fingerprint density at radius 1 is 1.38 bits per heavy atom. The van der Waals surface area contributed by atoms with Gasteiger partial charge in [0.25, 0.3) is 5.91 Å². The van der Waals surface area contributed by atoms with E-state index in [-0.39, 0.29) is 0 Å². The largest absolute Gasteiger partial charge is 0.378 e. The molecule has 1 unspecified atom stereocenters. The molecule has 1 atom stereocenters. The second kappa shape index (κ2) is 4.16. The lowest BCUT2D eigenvalue weighted by molar-refractivity contribution is -0.126. The summed E-state index contributed by atoms with van der Waals surface area (Å²) in [6, 6.07) is 9.38. The van der Waals surface area contributed by atoms with Crippen molar-refractivity contribution in [3.63, 3.8) is 0 Å². The van der Waals surface area contributed by atoms with Crippen LogP contribution >= 0.6 is 0 Å². The number of amides is 1. The predicted octanol–water partition coefficient (Wildman–Crippen LogP) is 0.391. The Hall–Kier alpha value is -2.14. The first kappa shape index (κ1) is 10.4. The molecule has 0 saturated carbocycles. The number of nitrogens with zero attached hydrogens (tertiary/aromatic N) is 2. The van der Waals surface area contributed by atoms with E-state index in [0.29, 0.717) is 5.56 Å². The van der Waals surface area contributed by atoms with Crippen LogP contribution in [0.1, 0.15) is 11.7 Å². The summed E-state index contributed by atoms with van der Waals surface area (Å²) < 4.78 is 1.57. The summed E-state index contributed by atoms with van der Waals surface area (Å²) in [5.41, 5.74) is 6.23. The monoisotopic (exact) mass is 217 g/mol. The van der Waals surface area contributed by atoms with Gasteiger partial charge in [-0.1, -0.05) is 18.2 Å². The number of carbonyl (C=O) groups excluding carboxylic acids is 1. The molecule has 0 aliphatic heterocycles. The summed E-state index contributed by atoms with van der Waals surface area (Å²) in [6.07, 6.45) is 1.69. The highest BCUT2D eigenvalue weighted by molar-refractivity contribution is 5.79. The predicted molar refractivity (Wildman–Crippen MR) is 57.7 cm³/mol. The van der Waals surface area contributed by atoms with Crippen LogP contribution in [0.3, 0.4) is 0 Å². The highest BCUT2D eigenvalue weighted by Gasteiger charge is 2.15. The highest BCUT2D eigenvalue weighted by Crippen LogP contribution is 2.13. The second-order valence-electron chi connectivity index (χ2n) is 3.36. The number of aliphatic hydroxyl groups is 1. The zero-order valence-electron chi connectivity index (χ0n) is 8.45. The Kier molecular flexibility index (Phi) is 2.70. The van der Waals surface area contributed by atoms with Crippen molar-refractivity contribution in [2.75, 3.05) is 0 Å². The van der Waals surface area contributed by atoms with Gasteiger partial charge in [-0.3, -0.25) is 4.79 Å². The number of hydrogen-bond acceptors (Lipinski definition) is 3. The molecule has 82 valence electrons. The standard InChI is InChI=1S/C11H11N3O2/c12-11(16)10(15)8-6-13-14(7-8)9-4-2-1-3-5-9/h1-7,10,15H,(H2,12,16). The Labute approximate surface area is 92.1 Å². The van der Waals surface area contributed by atoms with E-state index < -0.39 is 12.0 Å². The fourth-order valence-corrected chi connectivity index (χ4v) is 1.36. The molecule has 1 aromatic carbocycles. The minimum absolute atomic E-state index is 0.386. The molecule has 2 rings (SSSR count). The summed E-state index contributed by atoms with van der Waals surface area (Å²) in [6.45, 7) is 0. The van der Waals surface area contributed by atoms with Crippen molar-refractivity contribution in [2.24, 2.45) is 5.73 Å². The summed E-state index contributed by atoms with van der Waals surface area (Å²) in [4.78, 5) is 10.8. The maximum Gasteiger partial charge on any atom is 0.251 e.